The third kappa shape index (κ3) is 3.53. The zero-order valence-electron chi connectivity index (χ0n) is 14.0. The van der Waals surface area contributed by atoms with E-state index in [9.17, 15) is 9.59 Å². The lowest BCUT2D eigenvalue weighted by Crippen LogP contribution is -2.35. The number of hydrogen-bond acceptors (Lipinski definition) is 3. The summed E-state index contributed by atoms with van der Waals surface area (Å²) in [6.45, 7) is 2.07. The highest BCUT2D eigenvalue weighted by atomic mass is 16.2. The van der Waals surface area contributed by atoms with E-state index in [0.717, 1.165) is 6.42 Å². The van der Waals surface area contributed by atoms with Crippen molar-refractivity contribution in [3.05, 3.63) is 59.7 Å². The fraction of sp³-hybridized carbons (Fsp3) is 0.250. The molecule has 2 amide bonds. The summed E-state index contributed by atoms with van der Waals surface area (Å²) in [6, 6.07) is 16.3. The van der Waals surface area contributed by atoms with Gasteiger partial charge in [0.25, 0.3) is 0 Å². The number of rotatable bonds is 5. The molecule has 0 bridgehead atoms. The smallest absolute Gasteiger partial charge is 0.240 e. The van der Waals surface area contributed by atoms with Gasteiger partial charge in [0, 0.05) is 11.4 Å². The number of aryl methyl sites for hydroxylation is 1. The van der Waals surface area contributed by atoms with Crippen molar-refractivity contribution in [2.45, 2.75) is 26.2 Å². The first kappa shape index (κ1) is 16.7. The largest absolute Gasteiger partial charge is 0.325 e. The summed E-state index contributed by atoms with van der Waals surface area (Å²) in [7, 11) is 0. The molecule has 5 nitrogen and oxygen atoms in total. The van der Waals surface area contributed by atoms with Crippen LogP contribution in [0.2, 0.25) is 0 Å². The molecule has 0 radical (unpaired) electrons. The van der Waals surface area contributed by atoms with Crippen molar-refractivity contribution in [1.82, 2.24) is 0 Å². The first-order valence-electron chi connectivity index (χ1n) is 8.29. The van der Waals surface area contributed by atoms with Crippen LogP contribution < -0.4 is 10.6 Å². The zero-order valence-corrected chi connectivity index (χ0v) is 14.0. The molecule has 2 aromatic carbocycles. The average molecular weight is 333 g/mol. The fourth-order valence-corrected chi connectivity index (χ4v) is 2.67. The summed E-state index contributed by atoms with van der Waals surface area (Å²) in [5, 5.41) is 14.5. The van der Waals surface area contributed by atoms with Gasteiger partial charge < -0.3 is 10.6 Å². The van der Waals surface area contributed by atoms with Gasteiger partial charge in [-0.3, -0.25) is 9.59 Å². The van der Waals surface area contributed by atoms with Crippen LogP contribution in [-0.2, 0) is 16.0 Å². The van der Waals surface area contributed by atoms with E-state index in [-0.39, 0.29) is 11.8 Å². The lowest BCUT2D eigenvalue weighted by atomic mass is 10.0. The number of amides is 2. The summed E-state index contributed by atoms with van der Waals surface area (Å²) in [6.07, 6.45) is 1.98. The van der Waals surface area contributed by atoms with E-state index in [1.54, 1.807) is 24.3 Å². The van der Waals surface area contributed by atoms with Gasteiger partial charge in [0.2, 0.25) is 11.8 Å². The number of nitrogens with one attached hydrogen (secondary N) is 2. The zero-order chi connectivity index (χ0) is 17.9. The minimum absolute atomic E-state index is 0.286. The molecule has 0 saturated heterocycles. The molecule has 1 aliphatic carbocycles. The van der Waals surface area contributed by atoms with Crippen LogP contribution in [0.5, 0.6) is 0 Å². The van der Waals surface area contributed by atoms with Gasteiger partial charge in [0.05, 0.1) is 11.6 Å². The van der Waals surface area contributed by atoms with E-state index < -0.39 is 5.41 Å². The second-order valence-corrected chi connectivity index (χ2v) is 6.23. The van der Waals surface area contributed by atoms with Crippen molar-refractivity contribution >= 4 is 23.2 Å². The molecule has 0 aliphatic heterocycles. The molecule has 5 heteroatoms. The number of carbonyl (C=O) groups excluding carboxylic acids is 2. The maximum Gasteiger partial charge on any atom is 0.240 e. The van der Waals surface area contributed by atoms with Crippen LogP contribution in [0.4, 0.5) is 11.4 Å². The minimum Gasteiger partial charge on any atom is -0.325 e. The first-order valence-corrected chi connectivity index (χ1v) is 8.29. The summed E-state index contributed by atoms with van der Waals surface area (Å²) in [5.41, 5.74) is 1.84. The van der Waals surface area contributed by atoms with Crippen molar-refractivity contribution in [2.75, 3.05) is 10.6 Å². The van der Waals surface area contributed by atoms with E-state index in [2.05, 4.69) is 17.6 Å². The molecule has 0 aromatic heterocycles. The van der Waals surface area contributed by atoms with E-state index in [4.69, 9.17) is 5.26 Å². The molecule has 126 valence electrons. The molecular formula is C20H19N3O2. The highest BCUT2D eigenvalue weighted by Crippen LogP contribution is 2.47. The molecule has 0 atom stereocenters. The lowest BCUT2D eigenvalue weighted by molar-refractivity contribution is -0.131. The molecular weight excluding hydrogens is 314 g/mol. The normalized spacial score (nSPS) is 14.2. The van der Waals surface area contributed by atoms with E-state index in [1.807, 2.05) is 30.3 Å². The number of benzene rings is 2. The predicted molar refractivity (Wildman–Crippen MR) is 95.9 cm³/mol. The Morgan fingerprint density at radius 2 is 1.68 bits per heavy atom. The second-order valence-electron chi connectivity index (χ2n) is 6.23. The Bertz CT molecular complexity index is 846. The van der Waals surface area contributed by atoms with Gasteiger partial charge in [-0.1, -0.05) is 25.1 Å². The number of carbonyl (C=O) groups is 2. The molecule has 0 heterocycles. The Hall–Kier alpha value is -3.13. The number of nitrogens with zero attached hydrogens (tertiary/aromatic N) is 1. The Morgan fingerprint density at radius 1 is 1.04 bits per heavy atom. The Kier molecular flexibility index (Phi) is 4.53. The molecule has 0 unspecified atom stereocenters. The highest BCUT2D eigenvalue weighted by Gasteiger charge is 2.56. The second kappa shape index (κ2) is 6.78. The quantitative estimate of drug-likeness (QED) is 0.822. The van der Waals surface area contributed by atoms with E-state index in [0.29, 0.717) is 29.8 Å². The SMILES string of the molecule is CCc1ccc(NC(=O)C2(C(=O)Nc3cccc(C#N)c3)CC2)cc1. The van der Waals surface area contributed by atoms with Crippen LogP contribution in [-0.4, -0.2) is 11.8 Å². The maximum absolute atomic E-state index is 12.6. The monoisotopic (exact) mass is 333 g/mol. The molecule has 1 aliphatic rings. The van der Waals surface area contributed by atoms with Crippen LogP contribution in [0, 0.1) is 16.7 Å². The van der Waals surface area contributed by atoms with Crippen LogP contribution in [0.1, 0.15) is 30.9 Å². The van der Waals surface area contributed by atoms with Crippen molar-refractivity contribution in [2.24, 2.45) is 5.41 Å². The standard InChI is InChI=1S/C20H19N3O2/c1-2-14-6-8-16(9-7-14)22-18(24)20(10-11-20)19(25)23-17-5-3-4-15(12-17)13-21/h3-9,12H,2,10-11H2,1H3,(H,22,24)(H,23,25). The first-order chi connectivity index (χ1) is 12.1. The highest BCUT2D eigenvalue weighted by molar-refractivity contribution is 6.16. The number of hydrogen-bond donors (Lipinski definition) is 2. The van der Waals surface area contributed by atoms with Crippen LogP contribution in [0.25, 0.3) is 0 Å². The third-order valence-electron chi connectivity index (χ3n) is 4.49. The van der Waals surface area contributed by atoms with Gasteiger partial charge in [-0.05, 0) is 55.2 Å². The number of anilines is 2. The summed E-state index contributed by atoms with van der Waals surface area (Å²) >= 11 is 0. The van der Waals surface area contributed by atoms with Crippen LogP contribution in [0.3, 0.4) is 0 Å². The molecule has 2 aromatic rings. The van der Waals surface area contributed by atoms with Gasteiger partial charge in [0.15, 0.2) is 0 Å². The van der Waals surface area contributed by atoms with Gasteiger partial charge in [-0.25, -0.2) is 0 Å². The minimum atomic E-state index is -1.02. The predicted octanol–water partition coefficient (Wildman–Crippen LogP) is 3.48. The maximum atomic E-state index is 12.6. The van der Waals surface area contributed by atoms with E-state index in [1.165, 1.54) is 5.56 Å². The molecule has 1 fully saturated rings. The Balaban J connectivity index is 1.68. The summed E-state index contributed by atoms with van der Waals surface area (Å²) in [5.74, 6) is -0.615. The van der Waals surface area contributed by atoms with E-state index >= 15 is 0 Å². The molecule has 1 saturated carbocycles. The average Bonchev–Trinajstić information content (AvgIpc) is 3.44. The fourth-order valence-electron chi connectivity index (χ4n) is 2.67. The Morgan fingerprint density at radius 3 is 2.24 bits per heavy atom. The third-order valence-corrected chi connectivity index (χ3v) is 4.49. The van der Waals surface area contributed by atoms with Gasteiger partial charge in [-0.15, -0.1) is 0 Å². The summed E-state index contributed by atoms with van der Waals surface area (Å²) < 4.78 is 0. The van der Waals surface area contributed by atoms with Gasteiger partial charge >= 0.3 is 0 Å². The molecule has 25 heavy (non-hydrogen) atoms. The molecule has 0 spiro atoms. The van der Waals surface area contributed by atoms with Crippen LogP contribution in [0.15, 0.2) is 48.5 Å². The number of nitriles is 1. The summed E-state index contributed by atoms with van der Waals surface area (Å²) in [4.78, 5) is 25.2. The lowest BCUT2D eigenvalue weighted by Gasteiger charge is -2.15. The topological polar surface area (TPSA) is 82.0 Å². The van der Waals surface area contributed by atoms with Crippen LogP contribution >= 0.6 is 0 Å². The van der Waals surface area contributed by atoms with Crippen molar-refractivity contribution < 1.29 is 9.59 Å². The molecule has 3 rings (SSSR count). The van der Waals surface area contributed by atoms with Crippen molar-refractivity contribution in [1.29, 1.82) is 5.26 Å². The Labute approximate surface area is 146 Å². The van der Waals surface area contributed by atoms with Gasteiger partial charge in [0.1, 0.15) is 5.41 Å². The molecule has 2 N–H and O–H groups in total. The van der Waals surface area contributed by atoms with Crippen molar-refractivity contribution in [3.63, 3.8) is 0 Å². The van der Waals surface area contributed by atoms with Crippen molar-refractivity contribution in [3.8, 4) is 6.07 Å². The van der Waals surface area contributed by atoms with Gasteiger partial charge in [-0.2, -0.15) is 5.26 Å².